The van der Waals surface area contributed by atoms with Gasteiger partial charge in [0.25, 0.3) is 0 Å². The van der Waals surface area contributed by atoms with Crippen molar-refractivity contribution in [2.75, 3.05) is 5.32 Å². The highest BCUT2D eigenvalue weighted by atomic mass is 19.1. The van der Waals surface area contributed by atoms with Crippen LogP contribution in [0.2, 0.25) is 0 Å². The lowest BCUT2D eigenvalue weighted by atomic mass is 9.87. The zero-order valence-corrected chi connectivity index (χ0v) is 8.91. The van der Waals surface area contributed by atoms with Crippen LogP contribution in [0.15, 0.2) is 12.4 Å². The van der Waals surface area contributed by atoms with E-state index in [0.29, 0.717) is 11.9 Å². The van der Waals surface area contributed by atoms with Crippen molar-refractivity contribution >= 4 is 5.82 Å². The molecule has 4 heteroatoms. The zero-order valence-electron chi connectivity index (χ0n) is 8.91. The fraction of sp³-hybridized carbons (Fsp3) is 0.636. The van der Waals surface area contributed by atoms with E-state index in [1.165, 1.54) is 25.2 Å². The SMILES string of the molecule is CC1CCCC(Nc2cc(F)ncn2)C1. The highest BCUT2D eigenvalue weighted by Crippen LogP contribution is 2.25. The van der Waals surface area contributed by atoms with Gasteiger partial charge in [-0.1, -0.05) is 19.8 Å². The van der Waals surface area contributed by atoms with E-state index < -0.39 is 5.95 Å². The molecule has 0 aromatic carbocycles. The van der Waals surface area contributed by atoms with E-state index in [1.54, 1.807) is 0 Å². The predicted octanol–water partition coefficient (Wildman–Crippen LogP) is 2.61. The molecule has 82 valence electrons. The molecule has 0 aliphatic heterocycles. The number of nitrogens with zero attached hydrogens (tertiary/aromatic N) is 2. The van der Waals surface area contributed by atoms with Crippen molar-refractivity contribution in [2.45, 2.75) is 38.6 Å². The van der Waals surface area contributed by atoms with Crippen LogP contribution in [0.3, 0.4) is 0 Å². The topological polar surface area (TPSA) is 37.8 Å². The van der Waals surface area contributed by atoms with E-state index in [1.807, 2.05) is 0 Å². The van der Waals surface area contributed by atoms with Crippen LogP contribution in [0.25, 0.3) is 0 Å². The van der Waals surface area contributed by atoms with Gasteiger partial charge in [0.15, 0.2) is 0 Å². The van der Waals surface area contributed by atoms with Gasteiger partial charge in [0.05, 0.1) is 0 Å². The molecule has 1 heterocycles. The Bertz CT molecular complexity index is 329. The van der Waals surface area contributed by atoms with E-state index >= 15 is 0 Å². The summed E-state index contributed by atoms with van der Waals surface area (Å²) < 4.78 is 12.8. The molecule has 0 spiro atoms. The highest BCUT2D eigenvalue weighted by Gasteiger charge is 2.18. The smallest absolute Gasteiger partial charge is 0.217 e. The first-order valence-corrected chi connectivity index (χ1v) is 5.48. The molecular formula is C11H16FN3. The number of aromatic nitrogens is 2. The molecule has 0 radical (unpaired) electrons. The molecule has 1 aliphatic carbocycles. The molecule has 2 unspecified atom stereocenters. The lowest BCUT2D eigenvalue weighted by molar-refractivity contribution is 0.358. The van der Waals surface area contributed by atoms with Gasteiger partial charge >= 0.3 is 0 Å². The molecule has 1 aliphatic rings. The van der Waals surface area contributed by atoms with Gasteiger partial charge < -0.3 is 5.32 Å². The van der Waals surface area contributed by atoms with Crippen LogP contribution in [-0.4, -0.2) is 16.0 Å². The first-order chi connectivity index (χ1) is 7.24. The van der Waals surface area contributed by atoms with Crippen molar-refractivity contribution in [1.29, 1.82) is 0 Å². The van der Waals surface area contributed by atoms with Crippen molar-refractivity contribution < 1.29 is 4.39 Å². The molecule has 1 aromatic heterocycles. The van der Waals surface area contributed by atoms with Crippen LogP contribution in [-0.2, 0) is 0 Å². The Morgan fingerprint density at radius 2 is 2.27 bits per heavy atom. The number of rotatable bonds is 2. The molecule has 2 atom stereocenters. The minimum Gasteiger partial charge on any atom is -0.367 e. The average Bonchev–Trinajstić information content (AvgIpc) is 2.17. The Labute approximate surface area is 89.1 Å². The number of nitrogens with one attached hydrogen (secondary N) is 1. The van der Waals surface area contributed by atoms with Crippen molar-refractivity contribution in [1.82, 2.24) is 9.97 Å². The Morgan fingerprint density at radius 1 is 1.40 bits per heavy atom. The molecule has 0 amide bonds. The van der Waals surface area contributed by atoms with E-state index in [-0.39, 0.29) is 0 Å². The fourth-order valence-electron chi connectivity index (χ4n) is 2.19. The number of halogens is 1. The van der Waals surface area contributed by atoms with Crippen LogP contribution >= 0.6 is 0 Å². The molecule has 0 bridgehead atoms. The van der Waals surface area contributed by atoms with Gasteiger partial charge in [-0.05, 0) is 18.8 Å². The van der Waals surface area contributed by atoms with Gasteiger partial charge in [0, 0.05) is 12.1 Å². The summed E-state index contributed by atoms with van der Waals surface area (Å²) in [5, 5.41) is 3.26. The lowest BCUT2D eigenvalue weighted by Crippen LogP contribution is -2.26. The predicted molar refractivity (Wildman–Crippen MR) is 57.0 cm³/mol. The summed E-state index contributed by atoms with van der Waals surface area (Å²) in [6.07, 6.45) is 6.09. The maximum atomic E-state index is 12.8. The first-order valence-electron chi connectivity index (χ1n) is 5.48. The van der Waals surface area contributed by atoms with Crippen molar-refractivity contribution in [3.05, 3.63) is 18.3 Å². The third-order valence-electron chi connectivity index (χ3n) is 2.92. The number of hydrogen-bond donors (Lipinski definition) is 1. The monoisotopic (exact) mass is 209 g/mol. The minimum atomic E-state index is -0.476. The molecule has 0 saturated heterocycles. The number of anilines is 1. The molecule has 3 nitrogen and oxygen atoms in total. The second-order valence-corrected chi connectivity index (χ2v) is 4.34. The summed E-state index contributed by atoms with van der Waals surface area (Å²) in [5.74, 6) is 0.876. The second-order valence-electron chi connectivity index (χ2n) is 4.34. The Kier molecular flexibility index (Phi) is 3.14. The summed E-state index contributed by atoms with van der Waals surface area (Å²) in [5.41, 5.74) is 0. The maximum absolute atomic E-state index is 12.8. The van der Waals surface area contributed by atoms with Crippen LogP contribution < -0.4 is 5.32 Å². The van der Waals surface area contributed by atoms with E-state index in [4.69, 9.17) is 0 Å². The minimum absolute atomic E-state index is 0.433. The molecule has 15 heavy (non-hydrogen) atoms. The molecule has 1 saturated carbocycles. The van der Waals surface area contributed by atoms with Crippen molar-refractivity contribution in [3.8, 4) is 0 Å². The van der Waals surface area contributed by atoms with Crippen LogP contribution in [0.4, 0.5) is 10.2 Å². The average molecular weight is 209 g/mol. The standard InChI is InChI=1S/C11H16FN3/c1-8-3-2-4-9(5-8)15-11-6-10(12)13-7-14-11/h6-9H,2-5H2,1H3,(H,13,14,15). The zero-order chi connectivity index (χ0) is 10.7. The summed E-state index contributed by atoms with van der Waals surface area (Å²) in [6, 6.07) is 1.78. The van der Waals surface area contributed by atoms with Gasteiger partial charge in [-0.25, -0.2) is 9.97 Å². The summed E-state index contributed by atoms with van der Waals surface area (Å²) >= 11 is 0. The highest BCUT2D eigenvalue weighted by molar-refractivity contribution is 5.33. The van der Waals surface area contributed by atoms with Gasteiger partial charge in [-0.3, -0.25) is 0 Å². The van der Waals surface area contributed by atoms with Gasteiger partial charge in [-0.2, -0.15) is 4.39 Å². The molecular weight excluding hydrogens is 193 g/mol. The van der Waals surface area contributed by atoms with Crippen molar-refractivity contribution in [3.63, 3.8) is 0 Å². The largest absolute Gasteiger partial charge is 0.367 e. The van der Waals surface area contributed by atoms with E-state index in [2.05, 4.69) is 22.2 Å². The molecule has 1 N–H and O–H groups in total. The third-order valence-corrected chi connectivity index (χ3v) is 2.92. The molecule has 1 aromatic rings. The third kappa shape index (κ3) is 2.88. The van der Waals surface area contributed by atoms with E-state index in [9.17, 15) is 4.39 Å². The van der Waals surface area contributed by atoms with Crippen LogP contribution in [0.1, 0.15) is 32.6 Å². The normalized spacial score (nSPS) is 26.3. The Balaban J connectivity index is 1.96. The van der Waals surface area contributed by atoms with Crippen LogP contribution in [0.5, 0.6) is 0 Å². The van der Waals surface area contributed by atoms with Gasteiger partial charge in [0.1, 0.15) is 12.1 Å². The van der Waals surface area contributed by atoms with Gasteiger partial charge in [-0.15, -0.1) is 0 Å². The first kappa shape index (κ1) is 10.3. The summed E-state index contributed by atoms with van der Waals surface area (Å²) in [6.45, 7) is 2.26. The Morgan fingerprint density at radius 3 is 3.00 bits per heavy atom. The molecule has 2 rings (SSSR count). The molecule has 1 fully saturated rings. The number of hydrogen-bond acceptors (Lipinski definition) is 3. The summed E-state index contributed by atoms with van der Waals surface area (Å²) in [7, 11) is 0. The van der Waals surface area contributed by atoms with Crippen molar-refractivity contribution in [2.24, 2.45) is 5.92 Å². The second kappa shape index (κ2) is 4.55. The van der Waals surface area contributed by atoms with Gasteiger partial charge in [0.2, 0.25) is 5.95 Å². The quantitative estimate of drug-likeness (QED) is 0.761. The summed E-state index contributed by atoms with van der Waals surface area (Å²) in [4.78, 5) is 7.43. The Hall–Kier alpha value is -1.19. The maximum Gasteiger partial charge on any atom is 0.217 e. The van der Waals surface area contributed by atoms with E-state index in [0.717, 1.165) is 18.8 Å². The van der Waals surface area contributed by atoms with Crippen LogP contribution in [0, 0.1) is 11.9 Å². The fourth-order valence-corrected chi connectivity index (χ4v) is 2.19. The lowest BCUT2D eigenvalue weighted by Gasteiger charge is -2.27.